The van der Waals surface area contributed by atoms with E-state index in [1.165, 1.54) is 0 Å². The average molecular weight is 277 g/mol. The molecule has 0 aromatic heterocycles. The third-order valence-corrected chi connectivity index (χ3v) is 3.91. The molecule has 0 saturated heterocycles. The molecule has 1 aromatic carbocycles. The monoisotopic (exact) mass is 276 g/mol. The summed E-state index contributed by atoms with van der Waals surface area (Å²) in [5.41, 5.74) is 1.99. The summed E-state index contributed by atoms with van der Waals surface area (Å²) in [6, 6.07) is 3.66. The molecule has 4 nitrogen and oxygen atoms in total. The van der Waals surface area contributed by atoms with Gasteiger partial charge in [0.2, 0.25) is 9.05 Å². The highest BCUT2D eigenvalue weighted by atomic mass is 35.7. The third kappa shape index (κ3) is 2.84. The lowest BCUT2D eigenvalue weighted by atomic mass is 10.0. The minimum atomic E-state index is -3.46. The molecule has 0 spiro atoms. The minimum absolute atomic E-state index is 0.0622. The molecule has 0 radical (unpaired) electrons. The number of fused-ring (bicyclic) bond motifs is 1. The maximum Gasteiger partial charge on any atom is 0.232 e. The molecule has 0 amide bonds. The van der Waals surface area contributed by atoms with Crippen LogP contribution in [0.1, 0.15) is 11.1 Å². The molecular formula is C11H13ClO4S. The second kappa shape index (κ2) is 4.74. The predicted octanol–water partition coefficient (Wildman–Crippen LogP) is 1.74. The molecule has 0 bridgehead atoms. The predicted molar refractivity (Wildman–Crippen MR) is 65.5 cm³/mol. The van der Waals surface area contributed by atoms with Crippen molar-refractivity contribution in [3.8, 4) is 11.5 Å². The van der Waals surface area contributed by atoms with Crippen molar-refractivity contribution in [3.05, 3.63) is 23.3 Å². The average Bonchev–Trinajstić information content (AvgIpc) is 2.73. The summed E-state index contributed by atoms with van der Waals surface area (Å²) < 4.78 is 32.5. The number of ether oxygens (including phenoxy) is 2. The first-order valence-electron chi connectivity index (χ1n) is 5.25. The van der Waals surface area contributed by atoms with Gasteiger partial charge >= 0.3 is 0 Å². The van der Waals surface area contributed by atoms with Gasteiger partial charge in [-0.05, 0) is 18.1 Å². The molecule has 0 N–H and O–H groups in total. The summed E-state index contributed by atoms with van der Waals surface area (Å²) in [4.78, 5) is 0. The SMILES string of the molecule is COc1ccc(CCS(=O)(=O)Cl)c2c1OCC2. The van der Waals surface area contributed by atoms with Gasteiger partial charge in [-0.25, -0.2) is 8.42 Å². The number of halogens is 1. The topological polar surface area (TPSA) is 52.6 Å². The van der Waals surface area contributed by atoms with E-state index >= 15 is 0 Å². The first-order valence-corrected chi connectivity index (χ1v) is 7.73. The van der Waals surface area contributed by atoms with E-state index in [0.29, 0.717) is 18.8 Å². The molecule has 1 heterocycles. The molecule has 6 heteroatoms. The van der Waals surface area contributed by atoms with Crippen LogP contribution < -0.4 is 9.47 Å². The van der Waals surface area contributed by atoms with Crippen LogP contribution in [0.3, 0.4) is 0 Å². The van der Waals surface area contributed by atoms with Gasteiger partial charge in [0.05, 0.1) is 19.5 Å². The van der Waals surface area contributed by atoms with E-state index in [1.54, 1.807) is 13.2 Å². The highest BCUT2D eigenvalue weighted by molar-refractivity contribution is 8.13. The lowest BCUT2D eigenvalue weighted by Crippen LogP contribution is -2.03. The van der Waals surface area contributed by atoms with Crippen LogP contribution in [0.2, 0.25) is 0 Å². The van der Waals surface area contributed by atoms with Crippen LogP contribution in [-0.2, 0) is 21.9 Å². The molecule has 0 saturated carbocycles. The van der Waals surface area contributed by atoms with Crippen molar-refractivity contribution < 1.29 is 17.9 Å². The van der Waals surface area contributed by atoms with Gasteiger partial charge in [0, 0.05) is 22.7 Å². The van der Waals surface area contributed by atoms with Crippen LogP contribution in [0.25, 0.3) is 0 Å². The summed E-state index contributed by atoms with van der Waals surface area (Å²) >= 11 is 0. The van der Waals surface area contributed by atoms with E-state index in [4.69, 9.17) is 20.2 Å². The Hall–Kier alpha value is -0.940. The lowest BCUT2D eigenvalue weighted by molar-refractivity contribution is 0.326. The Morgan fingerprint density at radius 3 is 2.88 bits per heavy atom. The van der Waals surface area contributed by atoms with Gasteiger partial charge in [-0.15, -0.1) is 0 Å². The number of hydrogen-bond acceptors (Lipinski definition) is 4. The normalized spacial score (nSPS) is 14.2. The fourth-order valence-electron chi connectivity index (χ4n) is 1.96. The Morgan fingerprint density at radius 1 is 1.47 bits per heavy atom. The Labute approximate surface area is 105 Å². The molecule has 94 valence electrons. The maximum absolute atomic E-state index is 10.9. The number of aryl methyl sites for hydroxylation is 1. The van der Waals surface area contributed by atoms with Gasteiger partial charge in [-0.2, -0.15) is 0 Å². The van der Waals surface area contributed by atoms with E-state index in [1.807, 2.05) is 6.07 Å². The third-order valence-electron chi connectivity index (χ3n) is 2.75. The van der Waals surface area contributed by atoms with E-state index in [-0.39, 0.29) is 5.75 Å². The van der Waals surface area contributed by atoms with Crippen molar-refractivity contribution >= 4 is 19.7 Å². The Bertz CT molecular complexity index is 525. The van der Waals surface area contributed by atoms with Crippen LogP contribution in [0.15, 0.2) is 12.1 Å². The van der Waals surface area contributed by atoms with Crippen molar-refractivity contribution in [2.24, 2.45) is 0 Å². The zero-order valence-corrected chi connectivity index (χ0v) is 11.0. The van der Waals surface area contributed by atoms with Crippen LogP contribution >= 0.6 is 10.7 Å². The van der Waals surface area contributed by atoms with Gasteiger partial charge in [-0.1, -0.05) is 6.07 Å². The molecule has 1 aliphatic rings. The van der Waals surface area contributed by atoms with E-state index < -0.39 is 9.05 Å². The summed E-state index contributed by atoms with van der Waals surface area (Å²) in [7, 11) is 3.34. The van der Waals surface area contributed by atoms with Crippen LogP contribution in [0.4, 0.5) is 0 Å². The van der Waals surface area contributed by atoms with E-state index in [0.717, 1.165) is 23.3 Å². The van der Waals surface area contributed by atoms with Gasteiger partial charge in [0.15, 0.2) is 11.5 Å². The van der Waals surface area contributed by atoms with Crippen molar-refractivity contribution in [2.75, 3.05) is 19.5 Å². The molecular weight excluding hydrogens is 264 g/mol. The van der Waals surface area contributed by atoms with Gasteiger partial charge in [0.1, 0.15) is 0 Å². The standard InChI is InChI=1S/C11H13ClO4S/c1-15-10-3-2-8(5-7-17(12,13)14)9-4-6-16-11(9)10/h2-3H,4-7H2,1H3. The second-order valence-corrected chi connectivity index (χ2v) is 6.72. The number of methoxy groups -OCH3 is 1. The summed E-state index contributed by atoms with van der Waals surface area (Å²) in [6.45, 7) is 0.607. The molecule has 0 unspecified atom stereocenters. The van der Waals surface area contributed by atoms with Gasteiger partial charge in [-0.3, -0.25) is 0 Å². The zero-order valence-electron chi connectivity index (χ0n) is 9.40. The highest BCUT2D eigenvalue weighted by Gasteiger charge is 2.21. The number of benzene rings is 1. The van der Waals surface area contributed by atoms with Gasteiger partial charge in [0.25, 0.3) is 0 Å². The molecule has 2 rings (SSSR count). The van der Waals surface area contributed by atoms with Crippen LogP contribution in [0.5, 0.6) is 11.5 Å². The summed E-state index contributed by atoms with van der Waals surface area (Å²) in [5.74, 6) is 1.36. The van der Waals surface area contributed by atoms with Crippen molar-refractivity contribution in [3.63, 3.8) is 0 Å². The fourth-order valence-corrected chi connectivity index (χ4v) is 2.66. The van der Waals surface area contributed by atoms with Crippen molar-refractivity contribution in [1.82, 2.24) is 0 Å². The molecule has 1 aromatic rings. The molecule has 0 aliphatic carbocycles. The molecule has 0 atom stereocenters. The van der Waals surface area contributed by atoms with E-state index in [2.05, 4.69) is 0 Å². The van der Waals surface area contributed by atoms with Crippen molar-refractivity contribution in [1.29, 1.82) is 0 Å². The first-order chi connectivity index (χ1) is 8.01. The largest absolute Gasteiger partial charge is 0.493 e. The molecule has 17 heavy (non-hydrogen) atoms. The van der Waals surface area contributed by atoms with Crippen LogP contribution in [-0.4, -0.2) is 27.9 Å². The summed E-state index contributed by atoms with van der Waals surface area (Å²) in [5, 5.41) is 0. The molecule has 1 aliphatic heterocycles. The minimum Gasteiger partial charge on any atom is -0.493 e. The first kappa shape index (κ1) is 12.5. The Balaban J connectivity index is 2.28. The fraction of sp³-hybridized carbons (Fsp3) is 0.455. The van der Waals surface area contributed by atoms with E-state index in [9.17, 15) is 8.42 Å². The Morgan fingerprint density at radius 2 is 2.24 bits per heavy atom. The Kier molecular flexibility index (Phi) is 3.49. The quantitative estimate of drug-likeness (QED) is 0.786. The molecule has 0 fully saturated rings. The number of hydrogen-bond donors (Lipinski definition) is 0. The lowest BCUT2D eigenvalue weighted by Gasteiger charge is -2.10. The summed E-state index contributed by atoms with van der Waals surface area (Å²) in [6.07, 6.45) is 1.19. The van der Waals surface area contributed by atoms with Crippen LogP contribution in [0, 0.1) is 0 Å². The number of rotatable bonds is 4. The smallest absolute Gasteiger partial charge is 0.232 e. The second-order valence-electron chi connectivity index (χ2n) is 3.83. The highest BCUT2D eigenvalue weighted by Crippen LogP contribution is 2.37. The van der Waals surface area contributed by atoms with Crippen molar-refractivity contribution in [2.45, 2.75) is 12.8 Å². The van der Waals surface area contributed by atoms with Gasteiger partial charge < -0.3 is 9.47 Å². The zero-order chi connectivity index (χ0) is 12.5. The maximum atomic E-state index is 10.9.